The van der Waals surface area contributed by atoms with Crippen LogP contribution in [0.4, 0.5) is 0 Å². The van der Waals surface area contributed by atoms with E-state index in [0.29, 0.717) is 5.92 Å². The topological polar surface area (TPSA) is 9.23 Å². The normalized spacial score (nSPS) is 28.2. The fourth-order valence-corrected chi connectivity index (χ4v) is 0.897. The zero-order valence-corrected chi connectivity index (χ0v) is 4.97. The van der Waals surface area contributed by atoms with Gasteiger partial charge >= 0.3 is 0 Å². The average molecular weight is 111 g/mol. The van der Waals surface area contributed by atoms with Crippen molar-refractivity contribution in [2.45, 2.75) is 6.42 Å². The molecule has 8 heavy (non-hydrogen) atoms. The Morgan fingerprint density at radius 1 is 1.62 bits per heavy atom. The van der Waals surface area contributed by atoms with Crippen LogP contribution in [0.15, 0.2) is 12.7 Å². The molecule has 1 nitrogen and oxygen atoms in total. The first-order valence-electron chi connectivity index (χ1n) is 2.97. The highest BCUT2D eigenvalue weighted by Crippen LogP contribution is 2.14. The van der Waals surface area contributed by atoms with Gasteiger partial charge in [0.25, 0.3) is 0 Å². The quantitative estimate of drug-likeness (QED) is 0.523. The Hall–Kier alpha value is -0.300. The number of hydrogen-bond acceptors (Lipinski definition) is 1. The molecular weight excluding hydrogens is 100 g/mol. The molecule has 0 bridgehead atoms. The minimum atomic E-state index is 0.646. The monoisotopic (exact) mass is 111 g/mol. The summed E-state index contributed by atoms with van der Waals surface area (Å²) in [5.74, 6) is 0.646. The van der Waals surface area contributed by atoms with Crippen LogP contribution in [0.2, 0.25) is 0 Å². The van der Waals surface area contributed by atoms with Crippen molar-refractivity contribution >= 4 is 0 Å². The lowest BCUT2D eigenvalue weighted by molar-refractivity contribution is 0.190. The second-order valence-corrected chi connectivity index (χ2v) is 2.05. The molecule has 0 spiro atoms. The van der Waals surface area contributed by atoms with Crippen LogP contribution in [-0.2, 0) is 4.74 Å². The van der Waals surface area contributed by atoms with Gasteiger partial charge in [0.15, 0.2) is 0 Å². The molecule has 1 radical (unpaired) electrons. The minimum absolute atomic E-state index is 0.646. The van der Waals surface area contributed by atoms with Crippen molar-refractivity contribution in [2.75, 3.05) is 13.2 Å². The molecule has 0 amide bonds. The largest absolute Gasteiger partial charge is 0.381 e. The molecule has 1 atom stereocenters. The van der Waals surface area contributed by atoms with Gasteiger partial charge in [-0.1, -0.05) is 6.08 Å². The minimum Gasteiger partial charge on any atom is -0.381 e. The number of ether oxygens (including phenoxy) is 1. The van der Waals surface area contributed by atoms with Gasteiger partial charge in [-0.15, -0.1) is 6.58 Å². The molecule has 0 saturated carbocycles. The molecule has 1 saturated heterocycles. The third kappa shape index (κ3) is 1.34. The van der Waals surface area contributed by atoms with Crippen LogP contribution in [0.3, 0.4) is 0 Å². The molecule has 1 fully saturated rings. The van der Waals surface area contributed by atoms with Crippen LogP contribution in [0.5, 0.6) is 0 Å². The number of allylic oxidation sites excluding steroid dienone is 1. The molecule has 1 heterocycles. The Labute approximate surface area is 50.3 Å². The average Bonchev–Trinajstić information content (AvgIpc) is 2.19. The van der Waals surface area contributed by atoms with Gasteiger partial charge in [-0.3, -0.25) is 0 Å². The Bertz CT molecular complexity index is 72.5. The summed E-state index contributed by atoms with van der Waals surface area (Å²) in [6, 6.07) is 0. The highest BCUT2D eigenvalue weighted by molar-refractivity contribution is 4.93. The number of rotatable bonds is 2. The Kier molecular flexibility index (Phi) is 2.10. The van der Waals surface area contributed by atoms with Gasteiger partial charge in [-0.05, 0) is 18.8 Å². The van der Waals surface area contributed by atoms with E-state index in [1.165, 1.54) is 6.42 Å². The van der Waals surface area contributed by atoms with Crippen molar-refractivity contribution < 1.29 is 4.74 Å². The molecule has 1 aliphatic rings. The summed E-state index contributed by atoms with van der Waals surface area (Å²) in [7, 11) is 0. The summed E-state index contributed by atoms with van der Waals surface area (Å²) in [6.07, 6.45) is 5.12. The van der Waals surface area contributed by atoms with Gasteiger partial charge in [0.1, 0.15) is 0 Å². The SMILES string of the molecule is C=C[CH]C1CCOC1. The number of hydrogen-bond donors (Lipinski definition) is 0. The summed E-state index contributed by atoms with van der Waals surface area (Å²) in [5, 5.41) is 0. The highest BCUT2D eigenvalue weighted by atomic mass is 16.5. The molecule has 0 aliphatic carbocycles. The van der Waals surface area contributed by atoms with Crippen LogP contribution in [0.1, 0.15) is 6.42 Å². The standard InChI is InChI=1S/C7H11O/c1-2-3-7-4-5-8-6-7/h2-3,7H,1,4-6H2. The summed E-state index contributed by atoms with van der Waals surface area (Å²) in [4.78, 5) is 0. The van der Waals surface area contributed by atoms with Crippen molar-refractivity contribution in [3.63, 3.8) is 0 Å². The highest BCUT2D eigenvalue weighted by Gasteiger charge is 2.12. The predicted octanol–water partition coefficient (Wildman–Crippen LogP) is 1.41. The van der Waals surface area contributed by atoms with Crippen LogP contribution in [0, 0.1) is 12.3 Å². The second kappa shape index (κ2) is 2.88. The van der Waals surface area contributed by atoms with Crippen LogP contribution < -0.4 is 0 Å². The molecule has 45 valence electrons. The maximum Gasteiger partial charge on any atom is 0.0500 e. The lowest BCUT2D eigenvalue weighted by atomic mass is 10.1. The zero-order chi connectivity index (χ0) is 5.82. The van der Waals surface area contributed by atoms with Crippen molar-refractivity contribution in [3.05, 3.63) is 19.1 Å². The molecule has 1 unspecified atom stereocenters. The van der Waals surface area contributed by atoms with Crippen LogP contribution >= 0.6 is 0 Å². The summed E-state index contributed by atoms with van der Waals surface area (Å²) in [6.45, 7) is 5.43. The molecule has 0 aromatic rings. The first-order chi connectivity index (χ1) is 3.93. The van der Waals surface area contributed by atoms with E-state index < -0.39 is 0 Å². The summed E-state index contributed by atoms with van der Waals surface area (Å²) < 4.78 is 5.13. The molecule has 1 rings (SSSR count). The molecule has 1 aliphatic heterocycles. The lowest BCUT2D eigenvalue weighted by Crippen LogP contribution is -1.96. The van der Waals surface area contributed by atoms with Crippen molar-refractivity contribution in [2.24, 2.45) is 5.92 Å². The van der Waals surface area contributed by atoms with E-state index in [-0.39, 0.29) is 0 Å². The smallest absolute Gasteiger partial charge is 0.0500 e. The van der Waals surface area contributed by atoms with E-state index >= 15 is 0 Å². The Morgan fingerprint density at radius 2 is 2.50 bits per heavy atom. The van der Waals surface area contributed by atoms with E-state index in [0.717, 1.165) is 13.2 Å². The maximum absolute atomic E-state index is 5.13. The van der Waals surface area contributed by atoms with Crippen molar-refractivity contribution in [1.82, 2.24) is 0 Å². The van der Waals surface area contributed by atoms with Gasteiger partial charge in [-0.25, -0.2) is 0 Å². The molecule has 0 aromatic carbocycles. The van der Waals surface area contributed by atoms with Gasteiger partial charge < -0.3 is 4.74 Å². The van der Waals surface area contributed by atoms with E-state index in [4.69, 9.17) is 4.74 Å². The van der Waals surface area contributed by atoms with E-state index in [1.54, 1.807) is 0 Å². The fourth-order valence-electron chi connectivity index (χ4n) is 0.897. The first kappa shape index (κ1) is 5.83. The summed E-state index contributed by atoms with van der Waals surface area (Å²) in [5.41, 5.74) is 0. The van der Waals surface area contributed by atoms with E-state index in [2.05, 4.69) is 13.0 Å². The third-order valence-corrected chi connectivity index (χ3v) is 1.37. The molecule has 0 N–H and O–H groups in total. The molecule has 1 heteroatoms. The van der Waals surface area contributed by atoms with Crippen molar-refractivity contribution in [3.8, 4) is 0 Å². The zero-order valence-electron chi connectivity index (χ0n) is 4.97. The van der Waals surface area contributed by atoms with Gasteiger partial charge in [-0.2, -0.15) is 0 Å². The van der Waals surface area contributed by atoms with Gasteiger partial charge in [0.2, 0.25) is 0 Å². The van der Waals surface area contributed by atoms with E-state index in [9.17, 15) is 0 Å². The van der Waals surface area contributed by atoms with Crippen LogP contribution in [0.25, 0.3) is 0 Å². The first-order valence-corrected chi connectivity index (χ1v) is 2.97. The fraction of sp³-hybridized carbons (Fsp3) is 0.571. The second-order valence-electron chi connectivity index (χ2n) is 2.05. The summed E-state index contributed by atoms with van der Waals surface area (Å²) >= 11 is 0. The van der Waals surface area contributed by atoms with E-state index in [1.807, 2.05) is 6.08 Å². The Balaban J connectivity index is 2.14. The van der Waals surface area contributed by atoms with Crippen molar-refractivity contribution in [1.29, 1.82) is 0 Å². The maximum atomic E-state index is 5.13. The molecular formula is C7H11O. The third-order valence-electron chi connectivity index (χ3n) is 1.37. The lowest BCUT2D eigenvalue weighted by Gasteiger charge is -1.98. The van der Waals surface area contributed by atoms with Gasteiger partial charge in [0.05, 0.1) is 6.61 Å². The predicted molar refractivity (Wildman–Crippen MR) is 33.4 cm³/mol. The van der Waals surface area contributed by atoms with Crippen LogP contribution in [-0.4, -0.2) is 13.2 Å². The molecule has 0 aromatic heterocycles. The van der Waals surface area contributed by atoms with Gasteiger partial charge in [0, 0.05) is 6.61 Å². The Morgan fingerprint density at radius 3 is 3.00 bits per heavy atom.